The van der Waals surface area contributed by atoms with Crippen LogP contribution in [0, 0.1) is 56.2 Å². The van der Waals surface area contributed by atoms with Crippen molar-refractivity contribution in [3.63, 3.8) is 0 Å². The molecule has 5 nitrogen and oxygen atoms in total. The molecule has 1 aliphatic heterocycles. The molecule has 0 spiro atoms. The Kier molecular flexibility index (Phi) is 3.75. The van der Waals surface area contributed by atoms with Crippen molar-refractivity contribution < 1.29 is 4.74 Å². The predicted molar refractivity (Wildman–Crippen MR) is 75.7 cm³/mol. The fourth-order valence-electron chi connectivity index (χ4n) is 3.62. The van der Waals surface area contributed by atoms with E-state index in [1.165, 1.54) is 0 Å². The van der Waals surface area contributed by atoms with Crippen molar-refractivity contribution in [3.8, 4) is 18.2 Å². The molecule has 2 bridgehead atoms. The number of ether oxygens (including phenoxy) is 1. The Labute approximate surface area is 124 Å². The van der Waals surface area contributed by atoms with Crippen molar-refractivity contribution in [2.24, 2.45) is 16.7 Å². The van der Waals surface area contributed by atoms with E-state index < -0.39 is 16.9 Å². The van der Waals surface area contributed by atoms with Crippen LogP contribution in [0.5, 0.6) is 0 Å². The van der Waals surface area contributed by atoms with Gasteiger partial charge in [0.2, 0.25) is 11.3 Å². The second-order valence-corrected chi connectivity index (χ2v) is 5.67. The Bertz CT molecular complexity index is 602. The van der Waals surface area contributed by atoms with Crippen LogP contribution in [-0.2, 0) is 4.74 Å². The van der Waals surface area contributed by atoms with E-state index in [-0.39, 0.29) is 11.8 Å². The second-order valence-electron chi connectivity index (χ2n) is 5.67. The number of fused-ring (bicyclic) bond motifs is 2. The summed E-state index contributed by atoms with van der Waals surface area (Å²) in [6.07, 6.45) is 4.25. The molecule has 0 aromatic rings. The lowest BCUT2D eigenvalue weighted by molar-refractivity contribution is 0.144. The highest BCUT2D eigenvalue weighted by Gasteiger charge is 2.73. The SMILES string of the molecule is CCCC1=CC(CCC)C2(C#N)C(=N)OC1C2(C#N)C#N. The lowest BCUT2D eigenvalue weighted by Crippen LogP contribution is -2.51. The van der Waals surface area contributed by atoms with E-state index in [1.54, 1.807) is 0 Å². The van der Waals surface area contributed by atoms with Gasteiger partial charge >= 0.3 is 0 Å². The molecule has 2 rings (SSSR count). The van der Waals surface area contributed by atoms with Crippen LogP contribution < -0.4 is 0 Å². The molecule has 3 atom stereocenters. The van der Waals surface area contributed by atoms with E-state index in [0.717, 1.165) is 18.4 Å². The van der Waals surface area contributed by atoms with Gasteiger partial charge in [-0.25, -0.2) is 0 Å². The molecule has 1 N–H and O–H groups in total. The van der Waals surface area contributed by atoms with Gasteiger partial charge in [-0.3, -0.25) is 5.41 Å². The van der Waals surface area contributed by atoms with Crippen molar-refractivity contribution in [2.75, 3.05) is 0 Å². The van der Waals surface area contributed by atoms with E-state index in [0.29, 0.717) is 12.8 Å². The Balaban J connectivity index is 2.73. The maximum absolute atomic E-state index is 9.75. The second kappa shape index (κ2) is 5.23. The van der Waals surface area contributed by atoms with Crippen LogP contribution >= 0.6 is 0 Å². The number of nitriles is 3. The highest BCUT2D eigenvalue weighted by atomic mass is 16.5. The molecule has 5 heteroatoms. The van der Waals surface area contributed by atoms with E-state index in [1.807, 2.05) is 32.1 Å². The highest BCUT2D eigenvalue weighted by Crippen LogP contribution is 2.60. The zero-order valence-electron chi connectivity index (χ0n) is 12.3. The van der Waals surface area contributed by atoms with Crippen LogP contribution in [0.15, 0.2) is 11.6 Å². The van der Waals surface area contributed by atoms with Gasteiger partial charge in [0, 0.05) is 5.92 Å². The maximum Gasteiger partial charge on any atom is 0.211 e. The summed E-state index contributed by atoms with van der Waals surface area (Å²) >= 11 is 0. The molecule has 0 radical (unpaired) electrons. The minimum absolute atomic E-state index is 0.223. The average molecular weight is 282 g/mol. The van der Waals surface area contributed by atoms with Gasteiger partial charge in [-0.1, -0.05) is 32.8 Å². The van der Waals surface area contributed by atoms with E-state index in [2.05, 4.69) is 6.07 Å². The Morgan fingerprint density at radius 1 is 1.19 bits per heavy atom. The third-order valence-electron chi connectivity index (χ3n) is 4.58. The normalized spacial score (nSPS) is 32.3. The van der Waals surface area contributed by atoms with Gasteiger partial charge in [0.1, 0.15) is 0 Å². The van der Waals surface area contributed by atoms with Gasteiger partial charge in [0.05, 0.1) is 18.2 Å². The van der Waals surface area contributed by atoms with Crippen molar-refractivity contribution >= 4 is 5.90 Å². The summed E-state index contributed by atoms with van der Waals surface area (Å²) in [5.41, 5.74) is -2.21. The predicted octanol–water partition coefficient (Wildman–Crippen LogP) is 3.06. The summed E-state index contributed by atoms with van der Waals surface area (Å²) < 4.78 is 5.57. The lowest BCUT2D eigenvalue weighted by Gasteiger charge is -2.39. The summed E-state index contributed by atoms with van der Waals surface area (Å²) in [6, 6.07) is 6.19. The molecule has 21 heavy (non-hydrogen) atoms. The number of rotatable bonds is 4. The standard InChI is InChI=1S/C16H18N4O/c1-3-5-11-7-12(6-4-2)16(10-19)14(20)21-13(11)15(16,8-17)9-18/h7,12-13,20H,3-6H2,1-2H3. The molecular weight excluding hydrogens is 264 g/mol. The first-order valence-corrected chi connectivity index (χ1v) is 7.27. The van der Waals surface area contributed by atoms with Crippen LogP contribution in [0.4, 0.5) is 0 Å². The molecule has 1 heterocycles. The molecule has 108 valence electrons. The van der Waals surface area contributed by atoms with Gasteiger partial charge in [0.15, 0.2) is 11.5 Å². The minimum Gasteiger partial charge on any atom is -0.469 e. The summed E-state index contributed by atoms with van der Waals surface area (Å²) in [7, 11) is 0. The third kappa shape index (κ3) is 1.63. The van der Waals surface area contributed by atoms with Crippen LogP contribution in [0.2, 0.25) is 0 Å². The zero-order chi connectivity index (χ0) is 15.7. The van der Waals surface area contributed by atoms with E-state index in [4.69, 9.17) is 10.1 Å². The molecule has 0 aromatic carbocycles. The fraction of sp³-hybridized carbons (Fsp3) is 0.625. The summed E-state index contributed by atoms with van der Waals surface area (Å²) in [6.45, 7) is 4.01. The summed E-state index contributed by atoms with van der Waals surface area (Å²) in [5.74, 6) is -0.543. The largest absolute Gasteiger partial charge is 0.469 e. The number of nitrogens with one attached hydrogen (secondary N) is 1. The minimum atomic E-state index is -1.61. The van der Waals surface area contributed by atoms with E-state index in [9.17, 15) is 15.8 Å². The smallest absolute Gasteiger partial charge is 0.211 e. The van der Waals surface area contributed by atoms with Gasteiger partial charge in [0.25, 0.3) is 0 Å². The first-order valence-electron chi connectivity index (χ1n) is 7.27. The monoisotopic (exact) mass is 282 g/mol. The van der Waals surface area contributed by atoms with Gasteiger partial charge < -0.3 is 4.74 Å². The van der Waals surface area contributed by atoms with Crippen molar-refractivity contribution in [1.82, 2.24) is 0 Å². The van der Waals surface area contributed by atoms with Gasteiger partial charge in [-0.15, -0.1) is 0 Å². The van der Waals surface area contributed by atoms with Crippen LogP contribution in [0.25, 0.3) is 0 Å². The summed E-state index contributed by atoms with van der Waals surface area (Å²) in [4.78, 5) is 0. The quantitative estimate of drug-likeness (QED) is 0.800. The summed E-state index contributed by atoms with van der Waals surface area (Å²) in [5, 5.41) is 37.2. The molecule has 1 fully saturated rings. The highest BCUT2D eigenvalue weighted by molar-refractivity contribution is 5.90. The molecule has 0 amide bonds. The van der Waals surface area contributed by atoms with Gasteiger partial charge in [-0.05, 0) is 18.4 Å². The molecule has 1 saturated heterocycles. The van der Waals surface area contributed by atoms with Crippen molar-refractivity contribution in [1.29, 1.82) is 21.2 Å². The first kappa shape index (κ1) is 15.1. The molecule has 1 aliphatic carbocycles. The van der Waals surface area contributed by atoms with Gasteiger partial charge in [-0.2, -0.15) is 15.8 Å². The maximum atomic E-state index is 9.75. The molecule has 0 aromatic heterocycles. The fourth-order valence-corrected chi connectivity index (χ4v) is 3.62. The topological polar surface area (TPSA) is 104 Å². The Morgan fingerprint density at radius 2 is 1.86 bits per heavy atom. The lowest BCUT2D eigenvalue weighted by atomic mass is 9.53. The first-order chi connectivity index (χ1) is 10.1. The van der Waals surface area contributed by atoms with Crippen molar-refractivity contribution in [2.45, 2.75) is 45.6 Å². The third-order valence-corrected chi connectivity index (χ3v) is 4.58. The zero-order valence-corrected chi connectivity index (χ0v) is 12.3. The molecule has 3 unspecified atom stereocenters. The Morgan fingerprint density at radius 3 is 2.33 bits per heavy atom. The van der Waals surface area contributed by atoms with Crippen molar-refractivity contribution in [3.05, 3.63) is 11.6 Å². The number of hydrogen-bond donors (Lipinski definition) is 1. The number of hydrogen-bond acceptors (Lipinski definition) is 5. The number of nitrogens with zero attached hydrogens (tertiary/aromatic N) is 3. The van der Waals surface area contributed by atoms with E-state index >= 15 is 0 Å². The number of allylic oxidation sites excluding steroid dienone is 1. The Hall–Kier alpha value is -2.32. The molecule has 0 saturated carbocycles. The van der Waals surface area contributed by atoms with Crippen LogP contribution in [-0.4, -0.2) is 12.0 Å². The van der Waals surface area contributed by atoms with Crippen LogP contribution in [0.1, 0.15) is 39.5 Å². The molecular formula is C16H18N4O. The average Bonchev–Trinajstić information content (AvgIpc) is 2.68. The van der Waals surface area contributed by atoms with Crippen LogP contribution in [0.3, 0.4) is 0 Å². The molecule has 2 aliphatic rings.